The second kappa shape index (κ2) is 7.03. The maximum atomic E-state index is 11.5. The molecule has 0 fully saturated rings. The van der Waals surface area contributed by atoms with E-state index < -0.39 is 17.5 Å². The van der Waals surface area contributed by atoms with Crippen LogP contribution in [0.15, 0.2) is 6.07 Å². The van der Waals surface area contributed by atoms with Crippen molar-refractivity contribution in [2.45, 2.75) is 20.0 Å². The van der Waals surface area contributed by atoms with Gasteiger partial charge in [-0.25, -0.2) is 4.79 Å². The summed E-state index contributed by atoms with van der Waals surface area (Å²) < 4.78 is 4.88. The molecule has 0 aliphatic carbocycles. The summed E-state index contributed by atoms with van der Waals surface area (Å²) in [6.07, 6.45) is -0.330. The summed E-state index contributed by atoms with van der Waals surface area (Å²) in [6, 6.07) is 1.12. The number of anilines is 2. The molecule has 0 aliphatic heterocycles. The van der Waals surface area contributed by atoms with Gasteiger partial charge in [0.25, 0.3) is 0 Å². The van der Waals surface area contributed by atoms with E-state index in [1.165, 1.54) is 0 Å². The molecule has 0 aromatic heterocycles. The summed E-state index contributed by atoms with van der Waals surface area (Å²) in [5.41, 5.74) is 10.2. The summed E-state index contributed by atoms with van der Waals surface area (Å²) in [7, 11) is 0. The molecule has 0 heterocycles. The topological polar surface area (TPSA) is 119 Å². The minimum absolute atomic E-state index is 0. The Kier molecular flexibility index (Phi) is 7.35. The van der Waals surface area contributed by atoms with Crippen molar-refractivity contribution >= 4 is 42.2 Å². The predicted molar refractivity (Wildman–Crippen MR) is 73.6 cm³/mol. The van der Waals surface area contributed by atoms with Crippen LogP contribution in [0.5, 0.6) is 11.5 Å². The first-order valence-electron chi connectivity index (χ1n) is 4.65. The van der Waals surface area contributed by atoms with Gasteiger partial charge < -0.3 is 26.4 Å². The maximum Gasteiger partial charge on any atom is 0.342 e. The molecule has 0 bridgehead atoms. The fourth-order valence-electron chi connectivity index (χ4n) is 1.14. The van der Waals surface area contributed by atoms with Crippen LogP contribution in [0.1, 0.15) is 24.2 Å². The van der Waals surface area contributed by atoms with Crippen LogP contribution in [-0.2, 0) is 4.74 Å². The van der Waals surface area contributed by atoms with Gasteiger partial charge in [0.15, 0.2) is 11.5 Å². The van der Waals surface area contributed by atoms with E-state index in [-0.39, 0.29) is 47.9 Å². The molecule has 0 atom stereocenters. The lowest BCUT2D eigenvalue weighted by Gasteiger charge is -2.12. The third-order valence-electron chi connectivity index (χ3n) is 1.90. The highest BCUT2D eigenvalue weighted by atomic mass is 35.5. The van der Waals surface area contributed by atoms with Crippen LogP contribution in [-0.4, -0.2) is 22.3 Å². The fraction of sp³-hybridized carbons (Fsp3) is 0.300. The predicted octanol–water partition coefficient (Wildman–Crippen LogP) is 1.67. The molecular formula is C10H16Cl2N2O4. The van der Waals surface area contributed by atoms with E-state index in [9.17, 15) is 15.0 Å². The Hall–Kier alpha value is -1.53. The van der Waals surface area contributed by atoms with Gasteiger partial charge in [0.2, 0.25) is 0 Å². The lowest BCUT2D eigenvalue weighted by atomic mass is 10.1. The summed E-state index contributed by atoms with van der Waals surface area (Å²) in [5, 5.41) is 18.9. The van der Waals surface area contributed by atoms with Gasteiger partial charge in [0.05, 0.1) is 11.8 Å². The van der Waals surface area contributed by atoms with Crippen molar-refractivity contribution in [2.24, 2.45) is 0 Å². The molecule has 0 aliphatic rings. The van der Waals surface area contributed by atoms with Crippen LogP contribution in [0.2, 0.25) is 0 Å². The number of benzene rings is 1. The van der Waals surface area contributed by atoms with Gasteiger partial charge in [-0.2, -0.15) is 0 Å². The summed E-state index contributed by atoms with van der Waals surface area (Å²) >= 11 is 0. The quantitative estimate of drug-likeness (QED) is 0.285. The first kappa shape index (κ1) is 18.8. The highest BCUT2D eigenvalue weighted by molar-refractivity contribution is 5.97. The summed E-state index contributed by atoms with van der Waals surface area (Å²) in [6.45, 7) is 3.34. The van der Waals surface area contributed by atoms with Gasteiger partial charge >= 0.3 is 5.97 Å². The molecule has 8 heteroatoms. The molecule has 104 valence electrons. The number of carbonyl (C=O) groups is 1. The zero-order chi connectivity index (χ0) is 12.5. The van der Waals surface area contributed by atoms with Crippen LogP contribution in [0.25, 0.3) is 0 Å². The molecule has 6 nitrogen and oxygen atoms in total. The fourth-order valence-corrected chi connectivity index (χ4v) is 1.14. The van der Waals surface area contributed by atoms with Crippen LogP contribution in [0.4, 0.5) is 11.4 Å². The zero-order valence-electron chi connectivity index (χ0n) is 9.84. The smallest absolute Gasteiger partial charge is 0.342 e. The number of carbonyl (C=O) groups excluding carboxylic acids is 1. The maximum absolute atomic E-state index is 11.5. The molecule has 0 unspecified atom stereocenters. The molecule has 1 aromatic carbocycles. The minimum Gasteiger partial charge on any atom is -0.505 e. The molecule has 0 saturated heterocycles. The number of nitrogens with two attached hydrogens (primary N) is 2. The van der Waals surface area contributed by atoms with Crippen molar-refractivity contribution in [3.8, 4) is 11.5 Å². The Bertz CT molecular complexity index is 438. The van der Waals surface area contributed by atoms with Crippen molar-refractivity contribution < 1.29 is 19.7 Å². The Morgan fingerprint density at radius 2 is 1.72 bits per heavy atom. The van der Waals surface area contributed by atoms with E-state index in [4.69, 9.17) is 16.2 Å². The second-order valence-corrected chi connectivity index (χ2v) is 3.58. The Balaban J connectivity index is 0. The van der Waals surface area contributed by atoms with E-state index >= 15 is 0 Å². The number of nitrogen functional groups attached to an aromatic ring is 2. The number of esters is 1. The van der Waals surface area contributed by atoms with Crippen LogP contribution < -0.4 is 11.5 Å². The van der Waals surface area contributed by atoms with E-state index in [0.717, 1.165) is 6.07 Å². The Morgan fingerprint density at radius 1 is 1.22 bits per heavy atom. The van der Waals surface area contributed by atoms with Gasteiger partial charge in [-0.05, 0) is 19.9 Å². The molecule has 0 saturated carbocycles. The minimum atomic E-state index is -0.745. The molecule has 1 aromatic rings. The van der Waals surface area contributed by atoms with Gasteiger partial charge in [0, 0.05) is 0 Å². The standard InChI is InChI=1S/C10H14N2O4.2ClH/c1-4(2)16-10(15)5-3-6(11)9(14)7(12)8(5)13;;/h3-4,13-14H,11-12H2,1-2H3;2*1H. The van der Waals surface area contributed by atoms with E-state index in [2.05, 4.69) is 0 Å². The number of ether oxygens (including phenoxy) is 1. The molecule has 18 heavy (non-hydrogen) atoms. The van der Waals surface area contributed by atoms with Crippen LogP contribution >= 0.6 is 24.8 Å². The number of aromatic hydroxyl groups is 2. The number of halogens is 2. The van der Waals surface area contributed by atoms with Gasteiger partial charge in [0.1, 0.15) is 11.3 Å². The third-order valence-corrected chi connectivity index (χ3v) is 1.90. The Labute approximate surface area is 117 Å². The average Bonchev–Trinajstić information content (AvgIpc) is 2.19. The van der Waals surface area contributed by atoms with Crippen molar-refractivity contribution in [1.82, 2.24) is 0 Å². The molecule has 0 amide bonds. The molecule has 0 spiro atoms. The summed E-state index contributed by atoms with van der Waals surface area (Å²) in [4.78, 5) is 11.5. The van der Waals surface area contributed by atoms with Crippen molar-refractivity contribution in [3.05, 3.63) is 11.6 Å². The molecule has 6 N–H and O–H groups in total. The summed E-state index contributed by atoms with van der Waals surface area (Å²) in [5.74, 6) is -1.72. The van der Waals surface area contributed by atoms with Gasteiger partial charge in [-0.15, -0.1) is 24.8 Å². The van der Waals surface area contributed by atoms with Gasteiger partial charge in [-0.1, -0.05) is 0 Å². The van der Waals surface area contributed by atoms with E-state index in [1.807, 2.05) is 0 Å². The lowest BCUT2D eigenvalue weighted by Crippen LogP contribution is -2.12. The normalized spacial score (nSPS) is 9.28. The molecule has 0 radical (unpaired) electrons. The number of phenolic OH excluding ortho intramolecular Hbond substituents is 2. The first-order valence-corrected chi connectivity index (χ1v) is 4.65. The third kappa shape index (κ3) is 3.75. The highest BCUT2D eigenvalue weighted by Crippen LogP contribution is 2.38. The average molecular weight is 299 g/mol. The number of phenols is 2. The van der Waals surface area contributed by atoms with Gasteiger partial charge in [-0.3, -0.25) is 0 Å². The van der Waals surface area contributed by atoms with Crippen LogP contribution in [0, 0.1) is 0 Å². The van der Waals surface area contributed by atoms with Crippen LogP contribution in [0.3, 0.4) is 0 Å². The molecular weight excluding hydrogens is 283 g/mol. The van der Waals surface area contributed by atoms with Crippen molar-refractivity contribution in [2.75, 3.05) is 11.5 Å². The number of hydrogen-bond acceptors (Lipinski definition) is 6. The number of hydrogen-bond donors (Lipinski definition) is 4. The van der Waals surface area contributed by atoms with E-state index in [1.54, 1.807) is 13.8 Å². The first-order chi connectivity index (χ1) is 7.34. The van der Waals surface area contributed by atoms with Crippen molar-refractivity contribution in [1.29, 1.82) is 0 Å². The monoisotopic (exact) mass is 298 g/mol. The highest BCUT2D eigenvalue weighted by Gasteiger charge is 2.20. The lowest BCUT2D eigenvalue weighted by molar-refractivity contribution is 0.0375. The Morgan fingerprint density at radius 3 is 2.17 bits per heavy atom. The van der Waals surface area contributed by atoms with Crippen molar-refractivity contribution in [3.63, 3.8) is 0 Å². The second-order valence-electron chi connectivity index (χ2n) is 3.58. The number of rotatable bonds is 2. The zero-order valence-corrected chi connectivity index (χ0v) is 11.5. The molecule has 1 rings (SSSR count). The van der Waals surface area contributed by atoms with E-state index in [0.29, 0.717) is 0 Å². The largest absolute Gasteiger partial charge is 0.505 e. The SMILES string of the molecule is CC(C)OC(=O)c1cc(N)c(O)c(N)c1O.Cl.Cl.